The summed E-state index contributed by atoms with van der Waals surface area (Å²) < 4.78 is 40.7. The molecule has 5 nitrogen and oxygen atoms in total. The normalized spacial score (nSPS) is 21.9. The molecule has 1 aliphatic heterocycles. The number of benzene rings is 1. The zero-order chi connectivity index (χ0) is 17.0. The Balaban J connectivity index is 1.87. The first-order valence-electron chi connectivity index (χ1n) is 7.28. The molecule has 1 aromatic carbocycles. The molecule has 1 aliphatic rings. The molecule has 1 fully saturated rings. The van der Waals surface area contributed by atoms with Crippen LogP contribution in [-0.4, -0.2) is 48.0 Å². The van der Waals surface area contributed by atoms with E-state index in [1.807, 2.05) is 6.92 Å². The minimum absolute atomic E-state index is 0.0718. The van der Waals surface area contributed by atoms with Crippen LogP contribution >= 0.6 is 0 Å². The SMILES string of the molecule is CC1CCN(C(=O)Nc2ccc(OCC(F)(F)F)cc2)CC1O. The van der Waals surface area contributed by atoms with Crippen molar-refractivity contribution in [2.75, 3.05) is 25.0 Å². The number of piperidine rings is 1. The van der Waals surface area contributed by atoms with Crippen LogP contribution < -0.4 is 10.1 Å². The van der Waals surface area contributed by atoms with Crippen LogP contribution in [0.5, 0.6) is 5.75 Å². The Labute approximate surface area is 132 Å². The number of aliphatic hydroxyl groups is 1. The maximum absolute atomic E-state index is 12.1. The summed E-state index contributed by atoms with van der Waals surface area (Å²) in [5.74, 6) is 0.228. The van der Waals surface area contributed by atoms with Gasteiger partial charge in [0.2, 0.25) is 0 Å². The highest BCUT2D eigenvalue weighted by atomic mass is 19.4. The molecule has 0 spiro atoms. The maximum atomic E-state index is 12.1. The van der Waals surface area contributed by atoms with E-state index in [0.717, 1.165) is 6.42 Å². The highest BCUT2D eigenvalue weighted by Crippen LogP contribution is 2.21. The van der Waals surface area contributed by atoms with Gasteiger partial charge in [-0.05, 0) is 36.6 Å². The summed E-state index contributed by atoms with van der Waals surface area (Å²) in [5, 5.41) is 12.4. The van der Waals surface area contributed by atoms with Crippen molar-refractivity contribution >= 4 is 11.7 Å². The lowest BCUT2D eigenvalue weighted by molar-refractivity contribution is -0.153. The molecule has 2 unspecified atom stereocenters. The summed E-state index contributed by atoms with van der Waals surface area (Å²) in [4.78, 5) is 13.6. The summed E-state index contributed by atoms with van der Waals surface area (Å²) in [7, 11) is 0. The van der Waals surface area contributed by atoms with Crippen molar-refractivity contribution in [2.24, 2.45) is 5.92 Å². The van der Waals surface area contributed by atoms with Crippen LogP contribution in [0.25, 0.3) is 0 Å². The molecule has 2 rings (SSSR count). The lowest BCUT2D eigenvalue weighted by Gasteiger charge is -2.34. The van der Waals surface area contributed by atoms with E-state index in [-0.39, 0.29) is 24.2 Å². The molecular weight excluding hydrogens is 313 g/mol. The fraction of sp³-hybridized carbons (Fsp3) is 0.533. The number of nitrogens with one attached hydrogen (secondary N) is 1. The summed E-state index contributed by atoms with van der Waals surface area (Å²) in [6, 6.07) is 5.29. The van der Waals surface area contributed by atoms with E-state index in [1.54, 1.807) is 0 Å². The Morgan fingerprint density at radius 1 is 1.39 bits per heavy atom. The molecule has 0 saturated carbocycles. The Morgan fingerprint density at radius 2 is 2.04 bits per heavy atom. The van der Waals surface area contributed by atoms with Gasteiger partial charge in [0.25, 0.3) is 0 Å². The minimum Gasteiger partial charge on any atom is -0.484 e. The van der Waals surface area contributed by atoms with Crippen molar-refractivity contribution in [3.8, 4) is 5.75 Å². The van der Waals surface area contributed by atoms with Crippen LogP contribution in [-0.2, 0) is 0 Å². The number of hydrogen-bond acceptors (Lipinski definition) is 3. The van der Waals surface area contributed by atoms with Crippen molar-refractivity contribution in [1.82, 2.24) is 4.90 Å². The Kier molecular flexibility index (Phi) is 5.35. The molecule has 2 atom stereocenters. The van der Waals surface area contributed by atoms with Crippen molar-refractivity contribution in [3.63, 3.8) is 0 Å². The highest BCUT2D eigenvalue weighted by Gasteiger charge is 2.29. The van der Waals surface area contributed by atoms with Crippen LogP contribution in [0.3, 0.4) is 0 Å². The van der Waals surface area contributed by atoms with Gasteiger partial charge in [0.05, 0.1) is 6.10 Å². The van der Waals surface area contributed by atoms with Crippen molar-refractivity contribution in [2.45, 2.75) is 25.6 Å². The number of alkyl halides is 3. The summed E-state index contributed by atoms with van der Waals surface area (Å²) in [6.45, 7) is 1.39. The molecule has 128 valence electrons. The van der Waals surface area contributed by atoms with Crippen LogP contribution in [0.15, 0.2) is 24.3 Å². The lowest BCUT2D eigenvalue weighted by atomic mass is 9.96. The third-order valence-electron chi connectivity index (χ3n) is 3.71. The molecule has 1 saturated heterocycles. The van der Waals surface area contributed by atoms with Gasteiger partial charge < -0.3 is 20.1 Å². The molecule has 23 heavy (non-hydrogen) atoms. The van der Waals surface area contributed by atoms with E-state index in [1.165, 1.54) is 29.2 Å². The highest BCUT2D eigenvalue weighted by molar-refractivity contribution is 5.89. The standard InChI is InChI=1S/C15H19F3N2O3/c1-10-6-7-20(8-13(10)21)14(22)19-11-2-4-12(5-3-11)23-9-15(16,17)18/h2-5,10,13,21H,6-9H2,1H3,(H,19,22). The summed E-state index contributed by atoms with van der Waals surface area (Å²) in [5.41, 5.74) is 0.447. The number of amides is 2. The number of hydrogen-bond donors (Lipinski definition) is 2. The van der Waals surface area contributed by atoms with Crippen LogP contribution in [0.2, 0.25) is 0 Å². The average Bonchev–Trinajstić information content (AvgIpc) is 2.48. The van der Waals surface area contributed by atoms with Gasteiger partial charge in [0.1, 0.15) is 5.75 Å². The van der Waals surface area contributed by atoms with Crippen molar-refractivity contribution < 1.29 is 27.8 Å². The van der Waals surface area contributed by atoms with E-state index in [9.17, 15) is 23.1 Å². The first kappa shape index (κ1) is 17.4. The fourth-order valence-electron chi connectivity index (χ4n) is 2.24. The van der Waals surface area contributed by atoms with E-state index in [4.69, 9.17) is 0 Å². The molecule has 1 aromatic rings. The van der Waals surface area contributed by atoms with Gasteiger partial charge in [-0.3, -0.25) is 0 Å². The zero-order valence-electron chi connectivity index (χ0n) is 12.6. The third-order valence-corrected chi connectivity index (χ3v) is 3.71. The van der Waals surface area contributed by atoms with E-state index in [0.29, 0.717) is 12.2 Å². The smallest absolute Gasteiger partial charge is 0.422 e. The largest absolute Gasteiger partial charge is 0.484 e. The predicted molar refractivity (Wildman–Crippen MR) is 78.4 cm³/mol. The molecule has 8 heteroatoms. The predicted octanol–water partition coefficient (Wildman–Crippen LogP) is 2.86. The van der Waals surface area contributed by atoms with Gasteiger partial charge >= 0.3 is 12.2 Å². The number of nitrogens with zero attached hydrogens (tertiary/aromatic N) is 1. The number of urea groups is 1. The molecule has 2 N–H and O–H groups in total. The number of aliphatic hydroxyl groups excluding tert-OH is 1. The molecule has 2 amide bonds. The molecule has 0 aliphatic carbocycles. The second-order valence-electron chi connectivity index (χ2n) is 5.64. The number of ether oxygens (including phenoxy) is 1. The molecule has 0 aromatic heterocycles. The van der Waals surface area contributed by atoms with Crippen LogP contribution in [0.1, 0.15) is 13.3 Å². The van der Waals surface area contributed by atoms with Crippen molar-refractivity contribution in [3.05, 3.63) is 24.3 Å². The maximum Gasteiger partial charge on any atom is 0.422 e. The molecule has 0 radical (unpaired) electrons. The molecular formula is C15H19F3N2O3. The number of anilines is 1. The van der Waals surface area contributed by atoms with E-state index in [2.05, 4.69) is 10.1 Å². The first-order chi connectivity index (χ1) is 10.7. The minimum atomic E-state index is -4.39. The number of carbonyl (C=O) groups is 1. The second kappa shape index (κ2) is 7.08. The van der Waals surface area contributed by atoms with Gasteiger partial charge in [0.15, 0.2) is 6.61 Å². The Hall–Kier alpha value is -1.96. The average molecular weight is 332 g/mol. The lowest BCUT2D eigenvalue weighted by Crippen LogP contribution is -2.47. The monoisotopic (exact) mass is 332 g/mol. The Morgan fingerprint density at radius 3 is 2.61 bits per heavy atom. The van der Waals surface area contributed by atoms with Crippen LogP contribution in [0, 0.1) is 5.92 Å². The fourth-order valence-corrected chi connectivity index (χ4v) is 2.24. The van der Waals surface area contributed by atoms with Gasteiger partial charge in [-0.15, -0.1) is 0 Å². The number of β-amino-alcohol motifs (C(OH)–C–C–N with tert-alkyl or cyclic N) is 1. The molecule has 0 bridgehead atoms. The first-order valence-corrected chi connectivity index (χ1v) is 7.28. The quantitative estimate of drug-likeness (QED) is 0.895. The molecule has 1 heterocycles. The zero-order valence-corrected chi connectivity index (χ0v) is 12.6. The summed E-state index contributed by atoms with van der Waals surface area (Å²) in [6.07, 6.45) is -4.22. The number of rotatable bonds is 3. The second-order valence-corrected chi connectivity index (χ2v) is 5.64. The Bertz CT molecular complexity index is 534. The number of likely N-dealkylation sites (tertiary alicyclic amines) is 1. The van der Waals surface area contributed by atoms with Crippen molar-refractivity contribution in [1.29, 1.82) is 0 Å². The van der Waals surface area contributed by atoms with Gasteiger partial charge in [-0.25, -0.2) is 4.79 Å². The number of carbonyl (C=O) groups excluding carboxylic acids is 1. The van der Waals surface area contributed by atoms with Gasteiger partial charge in [-0.2, -0.15) is 13.2 Å². The van der Waals surface area contributed by atoms with E-state index < -0.39 is 18.9 Å². The number of halogens is 3. The van der Waals surface area contributed by atoms with E-state index >= 15 is 0 Å². The topological polar surface area (TPSA) is 61.8 Å². The van der Waals surface area contributed by atoms with Gasteiger partial charge in [0, 0.05) is 18.8 Å². The summed E-state index contributed by atoms with van der Waals surface area (Å²) >= 11 is 0. The third kappa shape index (κ3) is 5.31. The van der Waals surface area contributed by atoms with Crippen LogP contribution in [0.4, 0.5) is 23.7 Å². The van der Waals surface area contributed by atoms with Gasteiger partial charge in [-0.1, -0.05) is 6.92 Å².